The summed E-state index contributed by atoms with van der Waals surface area (Å²) in [5, 5.41) is 9.41. The molecule has 192 valence electrons. The summed E-state index contributed by atoms with van der Waals surface area (Å²) in [4.78, 5) is 31.7. The molecule has 2 aromatic carbocycles. The van der Waals surface area contributed by atoms with Crippen LogP contribution in [0.2, 0.25) is 5.02 Å². The maximum absolute atomic E-state index is 13.2. The molecule has 0 aliphatic carbocycles. The third-order valence-electron chi connectivity index (χ3n) is 6.25. The molecule has 1 aromatic heterocycles. The molecule has 1 aliphatic rings. The van der Waals surface area contributed by atoms with Gasteiger partial charge in [-0.25, -0.2) is 0 Å². The lowest BCUT2D eigenvalue weighted by Crippen LogP contribution is -2.44. The number of benzene rings is 2. The molecule has 4 rings (SSSR count). The van der Waals surface area contributed by atoms with Crippen LogP contribution in [0.25, 0.3) is 11.3 Å². The van der Waals surface area contributed by atoms with Gasteiger partial charge in [0.05, 0.1) is 17.8 Å². The summed E-state index contributed by atoms with van der Waals surface area (Å²) in [5.41, 5.74) is 2.02. The lowest BCUT2D eigenvalue weighted by Gasteiger charge is -2.26. The van der Waals surface area contributed by atoms with Crippen LogP contribution in [0.3, 0.4) is 0 Å². The molecule has 1 fully saturated rings. The van der Waals surface area contributed by atoms with Gasteiger partial charge in [0.2, 0.25) is 5.91 Å². The van der Waals surface area contributed by atoms with Gasteiger partial charge in [-0.15, -0.1) is 16.8 Å². The van der Waals surface area contributed by atoms with E-state index in [1.54, 1.807) is 42.4 Å². The quantitative estimate of drug-likeness (QED) is 0.416. The Balaban J connectivity index is 1.38. The van der Waals surface area contributed by atoms with E-state index >= 15 is 0 Å². The van der Waals surface area contributed by atoms with E-state index in [0.717, 1.165) is 24.3 Å². The van der Waals surface area contributed by atoms with Crippen LogP contribution in [0.15, 0.2) is 73.3 Å². The third-order valence-corrected chi connectivity index (χ3v) is 6.58. The molecule has 0 saturated carbocycles. The molecule has 2 amide bonds. The van der Waals surface area contributed by atoms with E-state index in [4.69, 9.17) is 16.3 Å². The zero-order valence-electron chi connectivity index (χ0n) is 20.8. The number of hydrogen-bond acceptors (Lipinski definition) is 6. The van der Waals surface area contributed by atoms with Crippen LogP contribution < -0.4 is 9.64 Å². The van der Waals surface area contributed by atoms with E-state index < -0.39 is 0 Å². The first kappa shape index (κ1) is 26.2. The smallest absolute Gasteiger partial charge is 0.254 e. The van der Waals surface area contributed by atoms with E-state index in [2.05, 4.69) is 21.7 Å². The number of halogens is 1. The molecule has 2 heterocycles. The SMILES string of the molecule is C=CCN(CC(=O)N1CCCN(c2ccc(-c3ccccc3Cl)nn2)CC1)C(=O)c1cccc(OC)c1. The fourth-order valence-electron chi connectivity index (χ4n) is 4.28. The molecule has 1 saturated heterocycles. The van der Waals surface area contributed by atoms with Crippen LogP contribution in [0.5, 0.6) is 5.75 Å². The monoisotopic (exact) mass is 519 g/mol. The average Bonchev–Trinajstić information content (AvgIpc) is 3.19. The number of rotatable bonds is 8. The highest BCUT2D eigenvalue weighted by Crippen LogP contribution is 2.26. The minimum Gasteiger partial charge on any atom is -0.497 e. The van der Waals surface area contributed by atoms with E-state index in [1.165, 1.54) is 4.90 Å². The van der Waals surface area contributed by atoms with E-state index in [9.17, 15) is 9.59 Å². The van der Waals surface area contributed by atoms with Gasteiger partial charge in [0, 0.05) is 43.9 Å². The normalized spacial score (nSPS) is 13.6. The van der Waals surface area contributed by atoms with E-state index in [-0.39, 0.29) is 24.9 Å². The van der Waals surface area contributed by atoms with Gasteiger partial charge in [0.25, 0.3) is 5.91 Å². The van der Waals surface area contributed by atoms with Crippen molar-refractivity contribution in [2.24, 2.45) is 0 Å². The van der Waals surface area contributed by atoms with Gasteiger partial charge in [-0.1, -0.05) is 41.9 Å². The summed E-state index contributed by atoms with van der Waals surface area (Å²) >= 11 is 6.29. The number of anilines is 1. The summed E-state index contributed by atoms with van der Waals surface area (Å²) in [6.07, 6.45) is 2.41. The van der Waals surface area contributed by atoms with Crippen LogP contribution in [0.4, 0.5) is 5.82 Å². The fraction of sp³-hybridized carbons (Fsp3) is 0.286. The molecule has 0 radical (unpaired) electrons. The van der Waals surface area contributed by atoms with Crippen molar-refractivity contribution in [3.8, 4) is 17.0 Å². The predicted octanol–water partition coefficient (Wildman–Crippen LogP) is 4.17. The van der Waals surface area contributed by atoms with Crippen molar-refractivity contribution >= 4 is 29.2 Å². The lowest BCUT2D eigenvalue weighted by atomic mass is 10.1. The Morgan fingerprint density at radius 3 is 2.62 bits per heavy atom. The highest BCUT2D eigenvalue weighted by atomic mass is 35.5. The second-order valence-corrected chi connectivity index (χ2v) is 9.09. The molecule has 9 heteroatoms. The summed E-state index contributed by atoms with van der Waals surface area (Å²) < 4.78 is 5.23. The second kappa shape index (κ2) is 12.4. The summed E-state index contributed by atoms with van der Waals surface area (Å²) in [5.74, 6) is 1.01. The Bertz CT molecular complexity index is 1250. The topological polar surface area (TPSA) is 78.9 Å². The zero-order chi connectivity index (χ0) is 26.2. The van der Waals surface area contributed by atoms with Crippen molar-refractivity contribution in [1.29, 1.82) is 0 Å². The average molecular weight is 520 g/mol. The van der Waals surface area contributed by atoms with Crippen LogP contribution in [0.1, 0.15) is 16.8 Å². The minimum atomic E-state index is -0.238. The fourth-order valence-corrected chi connectivity index (χ4v) is 4.51. The van der Waals surface area contributed by atoms with Gasteiger partial charge in [-0.2, -0.15) is 0 Å². The highest BCUT2D eigenvalue weighted by Gasteiger charge is 2.24. The van der Waals surface area contributed by atoms with Crippen molar-refractivity contribution in [3.05, 3.63) is 83.9 Å². The number of aromatic nitrogens is 2. The molecule has 1 aliphatic heterocycles. The summed E-state index contributed by atoms with van der Waals surface area (Å²) in [6.45, 7) is 6.51. The van der Waals surface area contributed by atoms with E-state index in [1.807, 2.05) is 36.4 Å². The first-order valence-corrected chi connectivity index (χ1v) is 12.5. The van der Waals surface area contributed by atoms with Crippen molar-refractivity contribution in [2.45, 2.75) is 6.42 Å². The Morgan fingerprint density at radius 2 is 1.89 bits per heavy atom. The molecule has 0 unspecified atom stereocenters. The Labute approximate surface area is 222 Å². The Kier molecular flexibility index (Phi) is 8.74. The Morgan fingerprint density at radius 1 is 1.05 bits per heavy atom. The standard InChI is InChI=1S/C28H30ClN5O3/c1-3-14-34(28(36)21-8-6-9-22(19-21)37-2)20-27(35)33-16-7-15-32(17-18-33)26-13-12-25(30-31-26)23-10-4-5-11-24(23)29/h3-6,8-13,19H,1,7,14-18,20H2,2H3. The van der Waals surface area contributed by atoms with Crippen molar-refractivity contribution in [3.63, 3.8) is 0 Å². The molecule has 0 N–H and O–H groups in total. The van der Waals surface area contributed by atoms with Crippen LogP contribution in [-0.2, 0) is 4.79 Å². The second-order valence-electron chi connectivity index (χ2n) is 8.68. The van der Waals surface area contributed by atoms with Crippen molar-refractivity contribution in [1.82, 2.24) is 20.0 Å². The van der Waals surface area contributed by atoms with Gasteiger partial charge in [0.15, 0.2) is 5.82 Å². The number of ether oxygens (including phenoxy) is 1. The first-order chi connectivity index (χ1) is 18.0. The number of carbonyl (C=O) groups excluding carboxylic acids is 2. The van der Waals surface area contributed by atoms with Gasteiger partial charge in [0.1, 0.15) is 12.3 Å². The number of nitrogens with zero attached hydrogens (tertiary/aromatic N) is 5. The van der Waals surface area contributed by atoms with Crippen LogP contribution in [-0.4, -0.2) is 78.2 Å². The maximum Gasteiger partial charge on any atom is 0.254 e. The molecule has 0 spiro atoms. The van der Waals surface area contributed by atoms with Crippen molar-refractivity contribution < 1.29 is 14.3 Å². The largest absolute Gasteiger partial charge is 0.497 e. The van der Waals surface area contributed by atoms with Crippen LogP contribution in [0, 0.1) is 0 Å². The zero-order valence-corrected chi connectivity index (χ0v) is 21.6. The molecule has 37 heavy (non-hydrogen) atoms. The number of hydrogen-bond donors (Lipinski definition) is 0. The van der Waals surface area contributed by atoms with Crippen molar-refractivity contribution in [2.75, 3.05) is 51.3 Å². The molecule has 3 aromatic rings. The molecule has 0 bridgehead atoms. The van der Waals surface area contributed by atoms with E-state index in [0.29, 0.717) is 41.7 Å². The van der Waals surface area contributed by atoms with Crippen LogP contribution >= 0.6 is 11.6 Å². The Hall–Kier alpha value is -3.91. The van der Waals surface area contributed by atoms with Gasteiger partial charge >= 0.3 is 0 Å². The third kappa shape index (κ3) is 6.46. The highest BCUT2D eigenvalue weighted by molar-refractivity contribution is 6.33. The number of carbonyl (C=O) groups is 2. The van der Waals surface area contributed by atoms with Gasteiger partial charge < -0.3 is 19.4 Å². The first-order valence-electron chi connectivity index (χ1n) is 12.2. The predicted molar refractivity (Wildman–Crippen MR) is 145 cm³/mol. The molecule has 8 nitrogen and oxygen atoms in total. The maximum atomic E-state index is 13.2. The summed E-state index contributed by atoms with van der Waals surface area (Å²) in [7, 11) is 1.55. The van der Waals surface area contributed by atoms with Gasteiger partial charge in [-0.05, 0) is 42.8 Å². The lowest BCUT2D eigenvalue weighted by molar-refractivity contribution is -0.131. The molecule has 0 atom stereocenters. The number of amides is 2. The molecular formula is C28H30ClN5O3. The number of methoxy groups -OCH3 is 1. The minimum absolute atomic E-state index is 0.0194. The van der Waals surface area contributed by atoms with Gasteiger partial charge in [-0.3, -0.25) is 9.59 Å². The summed E-state index contributed by atoms with van der Waals surface area (Å²) in [6, 6.07) is 18.3. The molecular weight excluding hydrogens is 490 g/mol.